The normalized spacial score (nSPS) is 17.0. The monoisotopic (exact) mass is 447 g/mol. The minimum absolute atomic E-state index is 0.202. The molecule has 33 heavy (non-hydrogen) atoms. The Kier molecular flexibility index (Phi) is 6.26. The second-order valence-electron chi connectivity index (χ2n) is 7.74. The van der Waals surface area contributed by atoms with Crippen LogP contribution < -0.4 is 10.1 Å². The Morgan fingerprint density at radius 3 is 2.64 bits per heavy atom. The van der Waals surface area contributed by atoms with Gasteiger partial charge in [0.25, 0.3) is 5.91 Å². The van der Waals surface area contributed by atoms with Crippen molar-refractivity contribution in [1.29, 1.82) is 0 Å². The number of guanidine groups is 1. The predicted octanol–water partition coefficient (Wildman–Crippen LogP) is 4.24. The van der Waals surface area contributed by atoms with E-state index in [-0.39, 0.29) is 17.8 Å². The molecule has 0 spiro atoms. The molecule has 0 saturated carbocycles. The molecule has 1 unspecified atom stereocenters. The van der Waals surface area contributed by atoms with E-state index >= 15 is 0 Å². The fourth-order valence-electron chi connectivity index (χ4n) is 3.79. The van der Waals surface area contributed by atoms with Crippen molar-refractivity contribution in [2.24, 2.45) is 4.99 Å². The van der Waals surface area contributed by atoms with Crippen molar-refractivity contribution in [2.45, 2.75) is 26.8 Å². The van der Waals surface area contributed by atoms with Gasteiger partial charge in [0.15, 0.2) is 0 Å². The smallest absolute Gasteiger partial charge is 0.277 e. The Labute approximate surface area is 192 Å². The van der Waals surface area contributed by atoms with Gasteiger partial charge in [0, 0.05) is 12.7 Å². The third-order valence-electron chi connectivity index (χ3n) is 5.48. The highest BCUT2D eigenvalue weighted by molar-refractivity contribution is 6.15. The zero-order valence-corrected chi connectivity index (χ0v) is 19.0. The van der Waals surface area contributed by atoms with E-state index in [9.17, 15) is 9.18 Å². The maximum atomic E-state index is 13.4. The lowest BCUT2D eigenvalue weighted by Crippen LogP contribution is -2.35. The molecule has 0 radical (unpaired) electrons. The summed E-state index contributed by atoms with van der Waals surface area (Å²) in [5, 5.41) is 3.15. The van der Waals surface area contributed by atoms with Gasteiger partial charge < -0.3 is 14.6 Å². The van der Waals surface area contributed by atoms with Crippen LogP contribution in [0.5, 0.6) is 5.75 Å². The van der Waals surface area contributed by atoms with E-state index in [4.69, 9.17) is 4.74 Å². The SMILES string of the molecule is CCN=C1NC(=Cc2ccc(-n3cnc(C)c3)c(OC)c2)C(=O)N1C(C)c1ccc(F)cc1. The first-order chi connectivity index (χ1) is 15.9. The molecule has 1 saturated heterocycles. The summed E-state index contributed by atoms with van der Waals surface area (Å²) in [7, 11) is 1.61. The minimum Gasteiger partial charge on any atom is -0.495 e. The van der Waals surface area contributed by atoms with E-state index in [0.717, 1.165) is 22.5 Å². The van der Waals surface area contributed by atoms with Gasteiger partial charge in [0.1, 0.15) is 17.3 Å². The number of hydrogen-bond acceptors (Lipinski definition) is 4. The topological polar surface area (TPSA) is 71.7 Å². The fraction of sp³-hybridized carbons (Fsp3) is 0.240. The summed E-state index contributed by atoms with van der Waals surface area (Å²) in [6.07, 6.45) is 5.42. The lowest BCUT2D eigenvalue weighted by atomic mass is 10.1. The summed E-state index contributed by atoms with van der Waals surface area (Å²) in [6.45, 7) is 6.24. The zero-order chi connectivity index (χ0) is 23.5. The molecule has 0 bridgehead atoms. The van der Waals surface area contributed by atoms with Crippen molar-refractivity contribution in [3.63, 3.8) is 0 Å². The van der Waals surface area contributed by atoms with Crippen LogP contribution in [0.4, 0.5) is 4.39 Å². The largest absolute Gasteiger partial charge is 0.495 e. The van der Waals surface area contributed by atoms with Crippen LogP contribution in [0.25, 0.3) is 11.8 Å². The van der Waals surface area contributed by atoms with Crippen molar-refractivity contribution >= 4 is 17.9 Å². The molecular formula is C25H26FN5O2. The molecule has 3 aromatic rings. The number of rotatable bonds is 6. The maximum absolute atomic E-state index is 13.4. The van der Waals surface area contributed by atoms with E-state index in [0.29, 0.717) is 24.0 Å². The van der Waals surface area contributed by atoms with E-state index in [1.54, 1.807) is 36.5 Å². The van der Waals surface area contributed by atoms with Crippen LogP contribution in [0.1, 0.15) is 36.7 Å². The first-order valence-corrected chi connectivity index (χ1v) is 10.7. The number of nitrogens with zero attached hydrogens (tertiary/aromatic N) is 4. The van der Waals surface area contributed by atoms with Crippen molar-refractivity contribution in [2.75, 3.05) is 13.7 Å². The number of aliphatic imine (C=N–C) groups is 1. The number of nitrogens with one attached hydrogen (secondary N) is 1. The van der Waals surface area contributed by atoms with Crippen molar-refractivity contribution in [3.8, 4) is 11.4 Å². The van der Waals surface area contributed by atoms with Crippen LogP contribution in [0.2, 0.25) is 0 Å². The highest BCUT2D eigenvalue weighted by atomic mass is 19.1. The van der Waals surface area contributed by atoms with Gasteiger partial charge in [0.2, 0.25) is 5.96 Å². The summed E-state index contributed by atoms with van der Waals surface area (Å²) >= 11 is 0. The number of benzene rings is 2. The van der Waals surface area contributed by atoms with Gasteiger partial charge in [-0.1, -0.05) is 18.2 Å². The molecule has 1 aromatic heterocycles. The van der Waals surface area contributed by atoms with Crippen LogP contribution in [0.15, 0.2) is 65.7 Å². The molecule has 7 nitrogen and oxygen atoms in total. The Morgan fingerprint density at radius 1 is 1.24 bits per heavy atom. The van der Waals surface area contributed by atoms with Gasteiger partial charge in [-0.15, -0.1) is 0 Å². The van der Waals surface area contributed by atoms with Gasteiger partial charge in [-0.2, -0.15) is 0 Å². The minimum atomic E-state index is -0.317. The molecule has 1 aliphatic heterocycles. The lowest BCUT2D eigenvalue weighted by molar-refractivity contribution is -0.123. The van der Waals surface area contributed by atoms with E-state index in [1.165, 1.54) is 12.1 Å². The van der Waals surface area contributed by atoms with Crippen LogP contribution in [-0.4, -0.2) is 40.0 Å². The molecule has 170 valence electrons. The van der Waals surface area contributed by atoms with E-state index < -0.39 is 0 Å². The van der Waals surface area contributed by atoms with Gasteiger partial charge >= 0.3 is 0 Å². The lowest BCUT2D eigenvalue weighted by Gasteiger charge is -2.23. The van der Waals surface area contributed by atoms with Crippen molar-refractivity contribution in [3.05, 3.63) is 83.3 Å². The molecule has 4 rings (SSSR count). The molecule has 0 aliphatic carbocycles. The number of aromatic nitrogens is 2. The average Bonchev–Trinajstić information content (AvgIpc) is 3.37. The molecule has 1 aliphatic rings. The quantitative estimate of drug-likeness (QED) is 0.574. The zero-order valence-electron chi connectivity index (χ0n) is 19.0. The molecule has 1 atom stereocenters. The number of amides is 1. The summed E-state index contributed by atoms with van der Waals surface area (Å²) in [4.78, 5) is 23.6. The highest BCUT2D eigenvalue weighted by Crippen LogP contribution is 2.29. The number of aryl methyl sites for hydroxylation is 1. The number of halogens is 1. The summed E-state index contributed by atoms with van der Waals surface area (Å²) in [6, 6.07) is 11.5. The van der Waals surface area contributed by atoms with Crippen LogP contribution in [-0.2, 0) is 4.79 Å². The third kappa shape index (κ3) is 4.50. The number of carbonyl (C=O) groups is 1. The Morgan fingerprint density at radius 2 is 2.00 bits per heavy atom. The third-order valence-corrected chi connectivity index (χ3v) is 5.48. The van der Waals surface area contributed by atoms with Crippen LogP contribution >= 0.6 is 0 Å². The Balaban J connectivity index is 1.66. The van der Waals surface area contributed by atoms with Crippen LogP contribution in [0, 0.1) is 12.7 Å². The maximum Gasteiger partial charge on any atom is 0.277 e. The fourth-order valence-corrected chi connectivity index (χ4v) is 3.79. The summed E-state index contributed by atoms with van der Waals surface area (Å²) in [5.74, 6) is 0.615. The molecule has 1 N–H and O–H groups in total. The summed E-state index contributed by atoms with van der Waals surface area (Å²) < 4.78 is 20.8. The molecule has 2 heterocycles. The summed E-state index contributed by atoms with van der Waals surface area (Å²) in [5.41, 5.74) is 3.78. The standard InChI is InChI=1S/C25H26FN5O2/c1-5-27-25-29-21(24(32)31(25)17(3)19-7-9-20(26)10-8-19)12-18-6-11-22(23(13-18)33-4)30-14-16(2)28-15-30/h6-15,17H,5H2,1-4H3,(H,27,29). The van der Waals surface area contributed by atoms with Crippen molar-refractivity contribution in [1.82, 2.24) is 19.8 Å². The Bertz CT molecular complexity index is 1230. The number of ether oxygens (including phenoxy) is 1. The molecule has 1 fully saturated rings. The second-order valence-corrected chi connectivity index (χ2v) is 7.74. The molecule has 1 amide bonds. The predicted molar refractivity (Wildman–Crippen MR) is 126 cm³/mol. The van der Waals surface area contributed by atoms with Gasteiger partial charge in [-0.05, 0) is 62.2 Å². The van der Waals surface area contributed by atoms with E-state index in [1.807, 2.05) is 49.7 Å². The van der Waals surface area contributed by atoms with E-state index in [2.05, 4.69) is 15.3 Å². The van der Waals surface area contributed by atoms with Crippen LogP contribution in [0.3, 0.4) is 0 Å². The second kappa shape index (κ2) is 9.28. The average molecular weight is 448 g/mol. The number of methoxy groups -OCH3 is 1. The Hall–Kier alpha value is -3.94. The first kappa shape index (κ1) is 22.3. The van der Waals surface area contributed by atoms with Crippen molar-refractivity contribution < 1.29 is 13.9 Å². The number of carbonyl (C=O) groups excluding carboxylic acids is 1. The first-order valence-electron chi connectivity index (χ1n) is 10.7. The number of imidazole rings is 1. The number of hydrogen-bond donors (Lipinski definition) is 1. The van der Waals surface area contributed by atoms with Gasteiger partial charge in [-0.25, -0.2) is 9.37 Å². The molecule has 2 aromatic carbocycles. The molecular weight excluding hydrogens is 421 g/mol. The van der Waals surface area contributed by atoms with Gasteiger partial charge in [0.05, 0.1) is 30.9 Å². The highest BCUT2D eigenvalue weighted by Gasteiger charge is 2.35. The van der Waals surface area contributed by atoms with Gasteiger partial charge in [-0.3, -0.25) is 14.7 Å². The molecule has 8 heteroatoms.